The van der Waals surface area contributed by atoms with Gasteiger partial charge in [-0.25, -0.2) is 0 Å². The number of amides is 1. The Balaban J connectivity index is 1.55. The molecule has 0 unspecified atom stereocenters. The number of anilines is 1. The molecule has 7 rings (SSSR count). The van der Waals surface area contributed by atoms with Gasteiger partial charge in [0.05, 0.1) is 25.2 Å². The molecule has 2 bridgehead atoms. The number of fused-ring (bicyclic) bond motifs is 2. The van der Waals surface area contributed by atoms with Crippen LogP contribution in [-0.2, 0) is 14.9 Å². The molecule has 3 saturated heterocycles. The lowest BCUT2D eigenvalue weighted by Crippen LogP contribution is -2.69. The van der Waals surface area contributed by atoms with Gasteiger partial charge in [0.1, 0.15) is 0 Å². The van der Waals surface area contributed by atoms with E-state index in [0.717, 1.165) is 6.54 Å². The molecule has 5 aliphatic heterocycles. The molecule has 4 heteroatoms. The molecule has 25 heavy (non-hydrogen) atoms. The van der Waals surface area contributed by atoms with Gasteiger partial charge in [0.15, 0.2) is 0 Å². The normalized spacial score (nSPS) is 45.9. The monoisotopic (exact) mass is 334 g/mol. The first-order valence-corrected chi connectivity index (χ1v) is 9.75. The number of nitrogens with zero attached hydrogens (tertiary/aromatic N) is 2. The highest BCUT2D eigenvalue weighted by Crippen LogP contribution is 2.65. The van der Waals surface area contributed by atoms with E-state index in [1.54, 1.807) is 5.57 Å². The van der Waals surface area contributed by atoms with E-state index in [2.05, 4.69) is 40.1 Å². The molecule has 1 aliphatic carbocycles. The second-order valence-electron chi connectivity index (χ2n) is 8.78. The second kappa shape index (κ2) is 4.18. The number of para-hydroxylation sites is 1. The average Bonchev–Trinajstić information content (AvgIpc) is 3.10. The van der Waals surface area contributed by atoms with Crippen LogP contribution in [-0.4, -0.2) is 48.7 Å². The third-order valence-electron chi connectivity index (χ3n) is 8.22. The second-order valence-corrected chi connectivity index (χ2v) is 8.78. The minimum Gasteiger partial charge on any atom is -0.373 e. The topological polar surface area (TPSA) is 32.8 Å². The number of hydrogen-bond acceptors (Lipinski definition) is 3. The highest BCUT2D eigenvalue weighted by Gasteiger charge is 2.70. The summed E-state index contributed by atoms with van der Waals surface area (Å²) < 4.78 is 6.25. The van der Waals surface area contributed by atoms with Crippen LogP contribution in [0.5, 0.6) is 0 Å². The van der Waals surface area contributed by atoms with Crippen molar-refractivity contribution in [3.05, 3.63) is 41.5 Å². The predicted molar refractivity (Wildman–Crippen MR) is 93.4 cm³/mol. The molecule has 0 radical (unpaired) electrons. The summed E-state index contributed by atoms with van der Waals surface area (Å²) in [6.07, 6.45) is 5.43. The summed E-state index contributed by atoms with van der Waals surface area (Å²) in [6, 6.07) is 9.64. The van der Waals surface area contributed by atoms with Gasteiger partial charge >= 0.3 is 0 Å². The molecule has 4 fully saturated rings. The minimum atomic E-state index is 0.104. The van der Waals surface area contributed by atoms with E-state index in [1.807, 2.05) is 0 Å². The first kappa shape index (κ1) is 13.5. The van der Waals surface area contributed by atoms with Crippen LogP contribution in [0.2, 0.25) is 0 Å². The van der Waals surface area contributed by atoms with Crippen molar-refractivity contribution in [3.8, 4) is 0 Å². The fraction of sp³-hybridized carbons (Fsp3) is 0.571. The van der Waals surface area contributed by atoms with Crippen LogP contribution in [0.15, 0.2) is 35.9 Å². The summed E-state index contributed by atoms with van der Waals surface area (Å²) in [6.45, 7) is 2.97. The van der Waals surface area contributed by atoms with Crippen molar-refractivity contribution >= 4 is 11.6 Å². The van der Waals surface area contributed by atoms with Crippen LogP contribution in [0.4, 0.5) is 5.69 Å². The number of rotatable bonds is 0. The lowest BCUT2D eigenvalue weighted by Gasteiger charge is -2.58. The number of benzene rings is 1. The van der Waals surface area contributed by atoms with Crippen molar-refractivity contribution in [1.82, 2.24) is 4.90 Å². The van der Waals surface area contributed by atoms with Gasteiger partial charge < -0.3 is 9.64 Å². The Morgan fingerprint density at radius 1 is 1.24 bits per heavy atom. The van der Waals surface area contributed by atoms with Crippen molar-refractivity contribution < 1.29 is 9.53 Å². The molecule has 128 valence electrons. The third-order valence-corrected chi connectivity index (χ3v) is 8.22. The quantitative estimate of drug-likeness (QED) is 0.681. The first-order valence-electron chi connectivity index (χ1n) is 9.75. The Labute approximate surface area is 147 Å². The summed E-state index contributed by atoms with van der Waals surface area (Å²) in [5.74, 6) is 1.35. The maximum Gasteiger partial charge on any atom is 0.229 e. The number of piperidine rings is 2. The number of hydrogen-bond donors (Lipinski definition) is 0. The van der Waals surface area contributed by atoms with Crippen LogP contribution >= 0.6 is 0 Å². The van der Waals surface area contributed by atoms with Gasteiger partial charge in [0, 0.05) is 29.6 Å². The van der Waals surface area contributed by atoms with Crippen molar-refractivity contribution in [1.29, 1.82) is 0 Å². The Bertz CT molecular complexity index is 848. The predicted octanol–water partition coefficient (Wildman–Crippen LogP) is 2.09. The van der Waals surface area contributed by atoms with Gasteiger partial charge in [-0.2, -0.15) is 0 Å². The van der Waals surface area contributed by atoms with Crippen LogP contribution in [0.25, 0.3) is 0 Å². The highest BCUT2D eigenvalue weighted by atomic mass is 16.5. The molecule has 1 aromatic carbocycles. The van der Waals surface area contributed by atoms with Gasteiger partial charge in [-0.15, -0.1) is 0 Å². The van der Waals surface area contributed by atoms with E-state index in [0.29, 0.717) is 36.9 Å². The molecule has 6 aliphatic rings. The van der Waals surface area contributed by atoms with E-state index in [9.17, 15) is 4.79 Å². The van der Waals surface area contributed by atoms with Crippen molar-refractivity contribution in [2.45, 2.75) is 42.9 Å². The maximum atomic E-state index is 13.2. The van der Waals surface area contributed by atoms with Gasteiger partial charge in [0.2, 0.25) is 5.91 Å². The van der Waals surface area contributed by atoms with Crippen molar-refractivity contribution in [2.75, 3.05) is 24.6 Å². The lowest BCUT2D eigenvalue weighted by atomic mass is 9.53. The molecule has 1 saturated carbocycles. The van der Waals surface area contributed by atoms with E-state index < -0.39 is 0 Å². The fourth-order valence-corrected chi connectivity index (χ4v) is 7.51. The zero-order valence-corrected chi connectivity index (χ0v) is 14.2. The molecule has 4 nitrogen and oxygen atoms in total. The van der Waals surface area contributed by atoms with Crippen LogP contribution in [0.1, 0.15) is 24.8 Å². The van der Waals surface area contributed by atoms with E-state index in [1.165, 1.54) is 30.6 Å². The average molecular weight is 334 g/mol. The molecule has 6 atom stereocenters. The number of ether oxygens (including phenoxy) is 1. The largest absolute Gasteiger partial charge is 0.373 e. The van der Waals surface area contributed by atoms with E-state index >= 15 is 0 Å². The SMILES string of the molecule is O=C1C[C@@H]2OCC=C3CN4CC[C@@]56c7ccccc7N1[C@@H]5[C@H]2[C@@H]3C[C@@H]46. The molecule has 0 N–H and O–H groups in total. The third kappa shape index (κ3) is 1.33. The summed E-state index contributed by atoms with van der Waals surface area (Å²) >= 11 is 0. The highest BCUT2D eigenvalue weighted by molar-refractivity contribution is 5.99. The Morgan fingerprint density at radius 2 is 2.16 bits per heavy atom. The summed E-state index contributed by atoms with van der Waals surface area (Å²) in [5.41, 5.74) is 4.35. The Morgan fingerprint density at radius 3 is 3.12 bits per heavy atom. The fourth-order valence-electron chi connectivity index (χ4n) is 7.51. The number of carbonyl (C=O) groups is 1. The smallest absolute Gasteiger partial charge is 0.229 e. The molecular formula is C21H22N2O2. The summed E-state index contributed by atoms with van der Waals surface area (Å²) in [4.78, 5) is 18.1. The Hall–Kier alpha value is -1.65. The van der Waals surface area contributed by atoms with Gasteiger partial charge in [-0.1, -0.05) is 29.8 Å². The zero-order valence-electron chi connectivity index (χ0n) is 14.2. The summed E-state index contributed by atoms with van der Waals surface area (Å²) in [7, 11) is 0. The van der Waals surface area contributed by atoms with Crippen LogP contribution in [0, 0.1) is 11.8 Å². The van der Waals surface area contributed by atoms with E-state index in [-0.39, 0.29) is 17.4 Å². The van der Waals surface area contributed by atoms with Crippen LogP contribution in [0.3, 0.4) is 0 Å². The molecular weight excluding hydrogens is 312 g/mol. The van der Waals surface area contributed by atoms with Gasteiger partial charge in [0.25, 0.3) is 0 Å². The standard InChI is InChI=1S/C21H22N2O2/c24-18-10-16-19-13-9-17-21(6-7-22(17)11-12(13)5-8-25-16)14-3-1-2-4-15(14)23(18)20(19)21/h1-5,13,16-17,19-20H,6-11H2/t13-,16+,17-,19+,20-,21+/m1/s1. The zero-order chi connectivity index (χ0) is 16.3. The molecule has 1 spiro atoms. The number of carbonyl (C=O) groups excluding carboxylic acids is 1. The summed E-state index contributed by atoms with van der Waals surface area (Å²) in [5, 5.41) is 0. The molecule has 5 heterocycles. The molecule has 1 amide bonds. The van der Waals surface area contributed by atoms with Crippen LogP contribution < -0.4 is 4.90 Å². The Kier molecular flexibility index (Phi) is 2.27. The maximum absolute atomic E-state index is 13.2. The van der Waals surface area contributed by atoms with Gasteiger partial charge in [-0.3, -0.25) is 9.69 Å². The van der Waals surface area contributed by atoms with E-state index in [4.69, 9.17) is 4.74 Å². The van der Waals surface area contributed by atoms with Crippen molar-refractivity contribution in [3.63, 3.8) is 0 Å². The molecule has 1 aromatic rings. The minimum absolute atomic E-state index is 0.104. The van der Waals surface area contributed by atoms with Gasteiger partial charge in [-0.05, 0) is 36.9 Å². The van der Waals surface area contributed by atoms with Crippen molar-refractivity contribution in [2.24, 2.45) is 11.8 Å². The molecule has 0 aromatic heterocycles. The lowest BCUT2D eigenvalue weighted by molar-refractivity contribution is -0.132. The first-order chi connectivity index (χ1) is 12.3.